The number of rotatable bonds is 2. The van der Waals surface area contributed by atoms with E-state index < -0.39 is 0 Å². The molecule has 0 saturated carbocycles. The molecule has 0 bridgehead atoms. The molecule has 1 fully saturated rings. The third-order valence-electron chi connectivity index (χ3n) is 3.28. The Balaban J connectivity index is 1.91. The van der Waals surface area contributed by atoms with Crippen LogP contribution >= 0.6 is 15.9 Å². The Labute approximate surface area is 116 Å². The normalized spacial score (nSPS) is 19.3. The van der Waals surface area contributed by atoms with Gasteiger partial charge in [-0.25, -0.2) is 4.79 Å². The van der Waals surface area contributed by atoms with Crippen LogP contribution in [0, 0.1) is 0 Å². The summed E-state index contributed by atoms with van der Waals surface area (Å²) in [5.74, 6) is 0. The van der Waals surface area contributed by atoms with Gasteiger partial charge in [-0.05, 0) is 44.8 Å². The number of halogens is 1. The lowest BCUT2D eigenvalue weighted by atomic mass is 10.2. The van der Waals surface area contributed by atoms with Crippen molar-refractivity contribution >= 4 is 27.6 Å². The molecule has 4 nitrogen and oxygen atoms in total. The summed E-state index contributed by atoms with van der Waals surface area (Å²) in [5, 5.41) is 2.92. The zero-order valence-corrected chi connectivity index (χ0v) is 12.3. The number of anilines is 1. The van der Waals surface area contributed by atoms with Gasteiger partial charge in [0, 0.05) is 29.3 Å². The van der Waals surface area contributed by atoms with Gasteiger partial charge in [0.2, 0.25) is 0 Å². The molecule has 2 amide bonds. The Hall–Kier alpha value is -1.07. The Morgan fingerprint density at radius 2 is 2.06 bits per heavy atom. The summed E-state index contributed by atoms with van der Waals surface area (Å²) < 4.78 is 1.01. The summed E-state index contributed by atoms with van der Waals surface area (Å²) in [6.45, 7) is 1.63. The minimum Gasteiger partial charge on any atom is -0.323 e. The molecule has 98 valence electrons. The molecule has 1 unspecified atom stereocenters. The minimum absolute atomic E-state index is 0.0123. The van der Waals surface area contributed by atoms with Gasteiger partial charge < -0.3 is 15.1 Å². The SMILES string of the molecule is CN(C)C1CCN(C(=O)Nc2ccc(Br)cc2)C1. The third kappa shape index (κ3) is 3.23. The number of likely N-dealkylation sites (tertiary alicyclic amines) is 1. The standard InChI is InChI=1S/C13H18BrN3O/c1-16(2)12-7-8-17(9-12)13(18)15-11-5-3-10(14)4-6-11/h3-6,12H,7-9H2,1-2H3,(H,15,18). The average Bonchev–Trinajstić information content (AvgIpc) is 2.81. The maximum atomic E-state index is 12.1. The van der Waals surface area contributed by atoms with Crippen molar-refractivity contribution in [3.63, 3.8) is 0 Å². The molecule has 18 heavy (non-hydrogen) atoms. The van der Waals surface area contributed by atoms with Crippen molar-refractivity contribution in [1.82, 2.24) is 9.80 Å². The second-order valence-corrected chi connectivity index (χ2v) is 5.70. The molecule has 1 aromatic rings. The molecule has 0 spiro atoms. The highest BCUT2D eigenvalue weighted by atomic mass is 79.9. The molecule has 0 aromatic heterocycles. The largest absolute Gasteiger partial charge is 0.323 e. The van der Waals surface area contributed by atoms with Crippen molar-refractivity contribution < 1.29 is 4.79 Å². The van der Waals surface area contributed by atoms with Crippen molar-refractivity contribution in [2.75, 3.05) is 32.5 Å². The third-order valence-corrected chi connectivity index (χ3v) is 3.81. The van der Waals surface area contributed by atoms with Crippen LogP contribution in [-0.4, -0.2) is 49.1 Å². The summed E-state index contributed by atoms with van der Waals surface area (Å²) in [6.07, 6.45) is 1.04. The second-order valence-electron chi connectivity index (χ2n) is 4.79. The summed E-state index contributed by atoms with van der Waals surface area (Å²) in [7, 11) is 4.11. The van der Waals surface area contributed by atoms with Crippen LogP contribution in [0.1, 0.15) is 6.42 Å². The van der Waals surface area contributed by atoms with Gasteiger partial charge in [-0.15, -0.1) is 0 Å². The zero-order chi connectivity index (χ0) is 13.1. The van der Waals surface area contributed by atoms with Crippen LogP contribution in [0.4, 0.5) is 10.5 Å². The van der Waals surface area contributed by atoms with Crippen LogP contribution in [0.25, 0.3) is 0 Å². The second kappa shape index (κ2) is 5.71. The van der Waals surface area contributed by atoms with Crippen molar-refractivity contribution in [1.29, 1.82) is 0 Å². The number of amides is 2. The molecule has 1 aliphatic rings. The van der Waals surface area contributed by atoms with Gasteiger partial charge >= 0.3 is 6.03 Å². The lowest BCUT2D eigenvalue weighted by molar-refractivity contribution is 0.216. The van der Waals surface area contributed by atoms with Crippen LogP contribution in [0.5, 0.6) is 0 Å². The van der Waals surface area contributed by atoms with Crippen LogP contribution in [-0.2, 0) is 0 Å². The highest BCUT2D eigenvalue weighted by Gasteiger charge is 2.27. The lowest BCUT2D eigenvalue weighted by Gasteiger charge is -2.20. The fourth-order valence-electron chi connectivity index (χ4n) is 2.08. The molecule has 0 radical (unpaired) electrons. The van der Waals surface area contributed by atoms with Gasteiger partial charge in [-0.1, -0.05) is 15.9 Å². The van der Waals surface area contributed by atoms with E-state index in [0.29, 0.717) is 6.04 Å². The number of carbonyl (C=O) groups excluding carboxylic acids is 1. The number of benzene rings is 1. The van der Waals surface area contributed by atoms with E-state index in [2.05, 4.69) is 40.2 Å². The summed E-state index contributed by atoms with van der Waals surface area (Å²) in [4.78, 5) is 16.1. The number of hydrogen-bond acceptors (Lipinski definition) is 2. The van der Waals surface area contributed by atoms with E-state index >= 15 is 0 Å². The minimum atomic E-state index is -0.0123. The first-order chi connectivity index (χ1) is 8.56. The Morgan fingerprint density at radius 1 is 1.39 bits per heavy atom. The molecule has 5 heteroatoms. The highest BCUT2D eigenvalue weighted by molar-refractivity contribution is 9.10. The molecule has 1 saturated heterocycles. The van der Waals surface area contributed by atoms with E-state index in [1.165, 1.54) is 0 Å². The van der Waals surface area contributed by atoms with Crippen LogP contribution in [0.3, 0.4) is 0 Å². The number of carbonyl (C=O) groups is 1. The van der Waals surface area contributed by atoms with Gasteiger partial charge in [-0.2, -0.15) is 0 Å². The topological polar surface area (TPSA) is 35.6 Å². The smallest absolute Gasteiger partial charge is 0.321 e. The van der Waals surface area contributed by atoms with Crippen molar-refractivity contribution in [3.05, 3.63) is 28.7 Å². The maximum absolute atomic E-state index is 12.1. The fraction of sp³-hybridized carbons (Fsp3) is 0.462. The van der Waals surface area contributed by atoms with Crippen molar-refractivity contribution in [3.8, 4) is 0 Å². The van der Waals surface area contributed by atoms with E-state index in [0.717, 1.165) is 29.7 Å². The average molecular weight is 312 g/mol. The Morgan fingerprint density at radius 3 is 2.61 bits per heavy atom. The summed E-state index contributed by atoms with van der Waals surface area (Å²) >= 11 is 3.37. The molecule has 1 atom stereocenters. The van der Waals surface area contributed by atoms with Gasteiger partial charge in [-0.3, -0.25) is 0 Å². The van der Waals surface area contributed by atoms with Gasteiger partial charge in [0.05, 0.1) is 0 Å². The van der Waals surface area contributed by atoms with Crippen molar-refractivity contribution in [2.45, 2.75) is 12.5 Å². The quantitative estimate of drug-likeness (QED) is 0.911. The molecule has 1 aromatic carbocycles. The number of hydrogen-bond donors (Lipinski definition) is 1. The van der Waals surface area contributed by atoms with E-state index in [4.69, 9.17) is 0 Å². The number of urea groups is 1. The number of nitrogens with zero attached hydrogens (tertiary/aromatic N) is 2. The molecular formula is C13H18BrN3O. The van der Waals surface area contributed by atoms with Crippen LogP contribution < -0.4 is 5.32 Å². The summed E-state index contributed by atoms with van der Waals surface area (Å²) in [6, 6.07) is 8.08. The van der Waals surface area contributed by atoms with Gasteiger partial charge in [0.1, 0.15) is 0 Å². The molecule has 1 aliphatic heterocycles. The van der Waals surface area contributed by atoms with Gasteiger partial charge in [0.15, 0.2) is 0 Å². The first-order valence-electron chi connectivity index (χ1n) is 6.04. The predicted molar refractivity (Wildman–Crippen MR) is 76.8 cm³/mol. The fourth-order valence-corrected chi connectivity index (χ4v) is 2.35. The van der Waals surface area contributed by atoms with Crippen LogP contribution in [0.15, 0.2) is 28.7 Å². The first-order valence-corrected chi connectivity index (χ1v) is 6.83. The van der Waals surface area contributed by atoms with E-state index in [1.54, 1.807) is 0 Å². The number of likely N-dealkylation sites (N-methyl/N-ethyl adjacent to an activating group) is 1. The van der Waals surface area contributed by atoms with E-state index in [-0.39, 0.29) is 6.03 Å². The predicted octanol–water partition coefficient (Wildman–Crippen LogP) is 2.62. The Bertz CT molecular complexity index is 419. The van der Waals surface area contributed by atoms with E-state index in [9.17, 15) is 4.79 Å². The molecule has 1 N–H and O–H groups in total. The number of nitrogens with one attached hydrogen (secondary N) is 1. The van der Waals surface area contributed by atoms with Gasteiger partial charge in [0.25, 0.3) is 0 Å². The van der Waals surface area contributed by atoms with Crippen LogP contribution in [0.2, 0.25) is 0 Å². The molecule has 2 rings (SSSR count). The van der Waals surface area contributed by atoms with Crippen molar-refractivity contribution in [2.24, 2.45) is 0 Å². The molecule has 0 aliphatic carbocycles. The Kier molecular flexibility index (Phi) is 4.24. The highest BCUT2D eigenvalue weighted by Crippen LogP contribution is 2.17. The molecular weight excluding hydrogens is 294 g/mol. The first kappa shape index (κ1) is 13.4. The lowest BCUT2D eigenvalue weighted by Crippen LogP contribution is -2.36. The zero-order valence-electron chi connectivity index (χ0n) is 10.7. The monoisotopic (exact) mass is 311 g/mol. The molecule has 1 heterocycles. The summed E-state index contributed by atoms with van der Waals surface area (Å²) in [5.41, 5.74) is 0.830. The maximum Gasteiger partial charge on any atom is 0.321 e. The van der Waals surface area contributed by atoms with E-state index in [1.807, 2.05) is 29.2 Å².